The fourth-order valence-electron chi connectivity index (χ4n) is 4.88. The predicted octanol–water partition coefficient (Wildman–Crippen LogP) is 4.97. The second kappa shape index (κ2) is 11.3. The van der Waals surface area contributed by atoms with Gasteiger partial charge in [0.25, 0.3) is 0 Å². The maximum Gasteiger partial charge on any atom is 0.422 e. The van der Waals surface area contributed by atoms with Crippen LogP contribution in [0.1, 0.15) is 25.7 Å². The van der Waals surface area contributed by atoms with Gasteiger partial charge in [-0.15, -0.1) is 0 Å². The molecule has 1 saturated carbocycles. The Labute approximate surface area is 217 Å². The van der Waals surface area contributed by atoms with Crippen LogP contribution in [0, 0.1) is 11.6 Å². The van der Waals surface area contributed by atoms with E-state index < -0.39 is 39.3 Å². The van der Waals surface area contributed by atoms with Crippen molar-refractivity contribution in [2.75, 3.05) is 37.7 Å². The third-order valence-corrected chi connectivity index (χ3v) is 8.46. The summed E-state index contributed by atoms with van der Waals surface area (Å²) >= 11 is 5.83. The van der Waals surface area contributed by atoms with Crippen LogP contribution in [0.5, 0.6) is 5.75 Å². The van der Waals surface area contributed by atoms with E-state index in [0.717, 1.165) is 31.0 Å². The molecule has 1 heterocycles. The highest BCUT2D eigenvalue weighted by atomic mass is 35.5. The van der Waals surface area contributed by atoms with Crippen LogP contribution in [0.25, 0.3) is 0 Å². The van der Waals surface area contributed by atoms with Crippen molar-refractivity contribution in [3.63, 3.8) is 0 Å². The molecule has 0 unspecified atom stereocenters. The molecule has 1 aliphatic heterocycles. The summed E-state index contributed by atoms with van der Waals surface area (Å²) in [5.74, 6) is -1.68. The minimum atomic E-state index is -4.53. The van der Waals surface area contributed by atoms with Gasteiger partial charge in [-0.3, -0.25) is 4.90 Å². The van der Waals surface area contributed by atoms with Crippen molar-refractivity contribution in [2.24, 2.45) is 0 Å². The van der Waals surface area contributed by atoms with Crippen LogP contribution in [0.3, 0.4) is 0 Å². The lowest BCUT2D eigenvalue weighted by Crippen LogP contribution is -2.52. The number of halogens is 6. The fourth-order valence-corrected chi connectivity index (χ4v) is 6.52. The second-order valence-electron chi connectivity index (χ2n) is 9.24. The first kappa shape index (κ1) is 27.9. The standard InChI is InChI=1S/C24H27ClF5N3O3S/c25-16-1-7-20(27)23(13-16)37(34,35)31-18-3-5-19(6-4-18)32-9-11-33(12-10-32)21-8-2-17(26)14-22(21)36-15-24(28,29)30/h1-2,7-8,13-14,18-19,31H,3-6,9-12,15H2. The van der Waals surface area contributed by atoms with E-state index in [0.29, 0.717) is 44.7 Å². The van der Waals surface area contributed by atoms with Crippen LogP contribution in [-0.2, 0) is 10.0 Å². The van der Waals surface area contributed by atoms with E-state index in [1.807, 2.05) is 4.90 Å². The molecule has 1 saturated heterocycles. The number of sulfonamides is 1. The lowest BCUT2D eigenvalue weighted by Gasteiger charge is -2.43. The van der Waals surface area contributed by atoms with Crippen molar-refractivity contribution in [3.8, 4) is 5.75 Å². The molecule has 0 spiro atoms. The molecule has 0 aromatic heterocycles. The Morgan fingerprint density at radius 3 is 2.30 bits per heavy atom. The van der Waals surface area contributed by atoms with Crippen LogP contribution in [0.2, 0.25) is 5.02 Å². The third-order valence-electron chi connectivity index (χ3n) is 6.69. The zero-order chi connectivity index (χ0) is 26.8. The van der Waals surface area contributed by atoms with Gasteiger partial charge in [0.15, 0.2) is 6.61 Å². The maximum absolute atomic E-state index is 14.1. The number of ether oxygens (including phenoxy) is 1. The van der Waals surface area contributed by atoms with E-state index in [2.05, 4.69) is 9.62 Å². The largest absolute Gasteiger partial charge is 0.482 e. The summed E-state index contributed by atoms with van der Waals surface area (Å²) in [6.45, 7) is 0.833. The Bertz CT molecular complexity index is 1200. The molecule has 204 valence electrons. The molecule has 2 aromatic rings. The molecule has 2 fully saturated rings. The van der Waals surface area contributed by atoms with Gasteiger partial charge in [-0.2, -0.15) is 13.2 Å². The van der Waals surface area contributed by atoms with Gasteiger partial charge in [0, 0.05) is 49.4 Å². The average molecular weight is 568 g/mol. The van der Waals surface area contributed by atoms with Gasteiger partial charge >= 0.3 is 6.18 Å². The smallest absolute Gasteiger partial charge is 0.422 e. The zero-order valence-electron chi connectivity index (χ0n) is 19.8. The predicted molar refractivity (Wildman–Crippen MR) is 130 cm³/mol. The number of hydrogen-bond acceptors (Lipinski definition) is 5. The Balaban J connectivity index is 1.30. The molecule has 0 radical (unpaired) electrons. The molecule has 1 aliphatic carbocycles. The first-order chi connectivity index (χ1) is 17.4. The Morgan fingerprint density at radius 1 is 0.973 bits per heavy atom. The molecule has 13 heteroatoms. The van der Waals surface area contributed by atoms with Crippen LogP contribution in [0.15, 0.2) is 41.3 Å². The average Bonchev–Trinajstić information content (AvgIpc) is 2.84. The highest BCUT2D eigenvalue weighted by molar-refractivity contribution is 7.89. The number of nitrogens with zero attached hydrogens (tertiary/aromatic N) is 2. The molecule has 2 aromatic carbocycles. The molecular weight excluding hydrogens is 541 g/mol. The minimum absolute atomic E-state index is 0.129. The summed E-state index contributed by atoms with van der Waals surface area (Å²) < 4.78 is 98.3. The molecule has 6 nitrogen and oxygen atoms in total. The Morgan fingerprint density at radius 2 is 1.65 bits per heavy atom. The number of rotatable bonds is 7. The summed E-state index contributed by atoms with van der Waals surface area (Å²) in [7, 11) is -4.05. The van der Waals surface area contributed by atoms with Gasteiger partial charge in [-0.25, -0.2) is 21.9 Å². The topological polar surface area (TPSA) is 61.9 Å². The van der Waals surface area contributed by atoms with E-state index in [9.17, 15) is 30.4 Å². The first-order valence-corrected chi connectivity index (χ1v) is 13.7. The summed E-state index contributed by atoms with van der Waals surface area (Å²) in [4.78, 5) is 3.68. The van der Waals surface area contributed by atoms with Crippen LogP contribution in [0.4, 0.5) is 27.6 Å². The minimum Gasteiger partial charge on any atom is -0.482 e. The zero-order valence-corrected chi connectivity index (χ0v) is 21.4. The number of anilines is 1. The summed E-state index contributed by atoms with van der Waals surface area (Å²) in [5.41, 5.74) is 0.414. The van der Waals surface area contributed by atoms with E-state index in [1.165, 1.54) is 18.2 Å². The van der Waals surface area contributed by atoms with Crippen molar-refractivity contribution in [1.29, 1.82) is 0 Å². The molecule has 1 N–H and O–H groups in total. The fraction of sp³-hybridized carbons (Fsp3) is 0.500. The van der Waals surface area contributed by atoms with Crippen molar-refractivity contribution in [3.05, 3.63) is 53.1 Å². The van der Waals surface area contributed by atoms with Gasteiger partial charge in [-0.1, -0.05) is 11.6 Å². The van der Waals surface area contributed by atoms with Crippen molar-refractivity contribution in [2.45, 2.75) is 48.8 Å². The second-order valence-corrected chi connectivity index (χ2v) is 11.4. The quantitative estimate of drug-likeness (QED) is 0.479. The highest BCUT2D eigenvalue weighted by Crippen LogP contribution is 2.33. The lowest BCUT2D eigenvalue weighted by molar-refractivity contribution is -0.153. The molecule has 4 rings (SSSR count). The van der Waals surface area contributed by atoms with Gasteiger partial charge in [-0.05, 0) is 56.0 Å². The van der Waals surface area contributed by atoms with Crippen LogP contribution in [-0.4, -0.2) is 64.4 Å². The highest BCUT2D eigenvalue weighted by Gasteiger charge is 2.33. The molecule has 0 amide bonds. The summed E-state index contributed by atoms with van der Waals surface area (Å²) in [6.07, 6.45) is -1.89. The molecule has 0 bridgehead atoms. The summed E-state index contributed by atoms with van der Waals surface area (Å²) in [5, 5.41) is 0.129. The summed E-state index contributed by atoms with van der Waals surface area (Å²) in [6, 6.07) is 6.87. The molecule has 2 aliphatic rings. The van der Waals surface area contributed by atoms with Crippen LogP contribution >= 0.6 is 11.6 Å². The normalized spacial score (nSPS) is 21.7. The molecule has 0 atom stereocenters. The van der Waals surface area contributed by atoms with E-state index in [-0.39, 0.29) is 22.9 Å². The molecule has 37 heavy (non-hydrogen) atoms. The van der Waals surface area contributed by atoms with E-state index in [1.54, 1.807) is 0 Å². The van der Waals surface area contributed by atoms with Gasteiger partial charge in [0.05, 0.1) is 5.69 Å². The number of benzene rings is 2. The monoisotopic (exact) mass is 567 g/mol. The number of hydrogen-bond donors (Lipinski definition) is 1. The van der Waals surface area contributed by atoms with Crippen molar-refractivity contribution in [1.82, 2.24) is 9.62 Å². The van der Waals surface area contributed by atoms with E-state index in [4.69, 9.17) is 16.3 Å². The number of alkyl halides is 3. The van der Waals surface area contributed by atoms with Gasteiger partial charge in [0.2, 0.25) is 10.0 Å². The lowest BCUT2D eigenvalue weighted by atomic mass is 9.90. The first-order valence-electron chi connectivity index (χ1n) is 11.9. The van der Waals surface area contributed by atoms with Gasteiger partial charge < -0.3 is 9.64 Å². The maximum atomic E-state index is 14.1. The van der Waals surface area contributed by atoms with Crippen LogP contribution < -0.4 is 14.4 Å². The molecular formula is C24H27ClF5N3O3S. The number of nitrogens with one attached hydrogen (secondary N) is 1. The van der Waals surface area contributed by atoms with Crippen molar-refractivity contribution < 1.29 is 35.1 Å². The van der Waals surface area contributed by atoms with Gasteiger partial charge in [0.1, 0.15) is 22.3 Å². The number of piperazine rings is 1. The Kier molecular flexibility index (Phi) is 8.51. The van der Waals surface area contributed by atoms with E-state index >= 15 is 0 Å². The third kappa shape index (κ3) is 7.24. The Hall–Kier alpha value is -2.15. The van der Waals surface area contributed by atoms with Crippen molar-refractivity contribution >= 4 is 27.3 Å². The SMILES string of the molecule is O=S(=O)(NC1CCC(N2CCN(c3ccc(F)cc3OCC(F)(F)F)CC2)CC1)c1cc(Cl)ccc1F.